The van der Waals surface area contributed by atoms with Crippen molar-refractivity contribution >= 4 is 20.8 Å². The number of phenols is 6. The summed E-state index contributed by atoms with van der Waals surface area (Å²) in [5, 5.41) is 83.8. The zero-order valence-electron chi connectivity index (χ0n) is 58.0. The van der Waals surface area contributed by atoms with Crippen LogP contribution in [0.25, 0.3) is 0 Å². The van der Waals surface area contributed by atoms with Crippen molar-refractivity contribution in [2.75, 3.05) is 7.11 Å². The smallest absolute Gasteiger partial charge is 1.00 e. The third kappa shape index (κ3) is 24.7. The third-order valence-corrected chi connectivity index (χ3v) is 17.3. The number of aliphatic hydroxyl groups excluding tert-OH is 1. The van der Waals surface area contributed by atoms with Crippen LogP contribution in [0.15, 0.2) is 82.8 Å². The number of hydrogen-bond acceptors (Lipinski definition) is 13. The summed E-state index contributed by atoms with van der Waals surface area (Å²) in [7, 11) is 1.00. The Morgan fingerprint density at radius 3 is 0.791 bits per heavy atom. The monoisotopic (exact) mass is 1290 g/mol. The largest absolute Gasteiger partial charge is 3.00 e. The Hall–Kier alpha value is -4.96. The van der Waals surface area contributed by atoms with Crippen LogP contribution in [-0.4, -0.2) is 99.9 Å². The van der Waals surface area contributed by atoms with Gasteiger partial charge in [0.05, 0.1) is 12.1 Å². The van der Waals surface area contributed by atoms with E-state index in [9.17, 15) is 30.6 Å². The molecule has 4 radical (unpaired) electrons. The van der Waals surface area contributed by atoms with Crippen LogP contribution in [0.5, 0.6) is 34.5 Å². The minimum atomic E-state index is 0. The van der Waals surface area contributed by atoms with Crippen LogP contribution in [0.1, 0.15) is 186 Å². The van der Waals surface area contributed by atoms with Crippen molar-refractivity contribution in [2.45, 2.75) is 230 Å². The first-order chi connectivity index (χ1) is 41.0. The zero-order valence-corrected chi connectivity index (χ0v) is 60.5. The molecule has 91 heavy (non-hydrogen) atoms. The molecule has 16 heteroatoms. The molecular formula is C75H110BN6NaO7Ti+2. The van der Waals surface area contributed by atoms with E-state index in [2.05, 4.69) is 73.2 Å². The maximum atomic E-state index is 10.4. The Morgan fingerprint density at radius 1 is 0.363 bits per heavy atom. The summed E-state index contributed by atoms with van der Waals surface area (Å²) >= 11 is 0. The second-order valence-corrected chi connectivity index (χ2v) is 24.9. The predicted octanol–water partition coefficient (Wildman–Crippen LogP) is 11.7. The molecule has 488 valence electrons. The van der Waals surface area contributed by atoms with Gasteiger partial charge in [-0.3, -0.25) is 9.98 Å². The van der Waals surface area contributed by atoms with Gasteiger partial charge < -0.3 is 65.9 Å². The SMILES string of the molecule is C.CO.Cc1cc(C)c(O)c(C=N[C@@H]2CCCC[C@H]2N=Cc2cc(C)cc(C)c2O)c1.Cc1cc(C)c(O)c(CN[C@@H]2CCCC[C@H]2NCc2cc(C)cc(C)c2O)c1.Cc1cc(C)c(O)c(CN[C@@H]2CCCC[C@H]2NCc2cc(C)cc(C)c2O)c1.[B].[CH3-].[H-].[Na+].[Ti+3]. The number of aliphatic imine (C=N–C) groups is 2. The molecule has 0 heterocycles. The van der Waals surface area contributed by atoms with Gasteiger partial charge >= 0.3 is 51.3 Å². The summed E-state index contributed by atoms with van der Waals surface area (Å²) in [4.78, 5) is 9.57. The maximum Gasteiger partial charge on any atom is 3.00 e. The predicted molar refractivity (Wildman–Crippen MR) is 374 cm³/mol. The number of rotatable bonds is 16. The molecule has 0 aromatic heterocycles. The molecule has 0 aliphatic heterocycles. The zero-order chi connectivity index (χ0) is 62.8. The molecule has 0 unspecified atom stereocenters. The van der Waals surface area contributed by atoms with E-state index < -0.39 is 0 Å². The van der Waals surface area contributed by atoms with E-state index in [4.69, 9.17) is 15.1 Å². The molecule has 6 aromatic rings. The minimum Gasteiger partial charge on any atom is -1.00 e. The fourth-order valence-corrected chi connectivity index (χ4v) is 12.9. The van der Waals surface area contributed by atoms with Crippen molar-refractivity contribution in [3.8, 4) is 34.5 Å². The fourth-order valence-electron chi connectivity index (χ4n) is 12.9. The Balaban J connectivity index is 0.00000129. The molecule has 3 fully saturated rings. The van der Waals surface area contributed by atoms with E-state index in [-0.39, 0.29) is 88.1 Å². The first kappa shape index (κ1) is 84.1. The van der Waals surface area contributed by atoms with E-state index in [1.807, 2.05) is 104 Å². The van der Waals surface area contributed by atoms with Gasteiger partial charge in [-0.2, -0.15) is 0 Å². The van der Waals surface area contributed by atoms with Crippen LogP contribution in [0.2, 0.25) is 0 Å². The second kappa shape index (κ2) is 41.0. The van der Waals surface area contributed by atoms with E-state index in [1.54, 1.807) is 12.4 Å². The van der Waals surface area contributed by atoms with Crippen molar-refractivity contribution in [2.24, 2.45) is 9.98 Å². The van der Waals surface area contributed by atoms with Crippen LogP contribution < -0.4 is 50.8 Å². The van der Waals surface area contributed by atoms with Crippen LogP contribution in [-0.2, 0) is 47.9 Å². The number of aromatic hydroxyl groups is 6. The molecule has 6 atom stereocenters. The summed E-state index contributed by atoms with van der Waals surface area (Å²) in [5.74, 6) is 2.20. The molecule has 0 saturated heterocycles. The van der Waals surface area contributed by atoms with Crippen LogP contribution in [0, 0.1) is 90.5 Å². The second-order valence-electron chi connectivity index (χ2n) is 24.9. The normalized spacial score (nSPS) is 18.4. The topological polar surface area (TPSA) is 214 Å². The number of phenolic OH excluding ortho intramolecular Hbond substituents is 6. The Bertz CT molecular complexity index is 2940. The van der Waals surface area contributed by atoms with Gasteiger partial charge in [0.25, 0.3) is 0 Å². The average molecular weight is 1290 g/mol. The molecule has 9 rings (SSSR count). The van der Waals surface area contributed by atoms with Gasteiger partial charge in [-0.25, -0.2) is 0 Å². The molecular weight excluding hydrogens is 1180 g/mol. The minimum absolute atomic E-state index is 0. The van der Waals surface area contributed by atoms with Crippen LogP contribution in [0.4, 0.5) is 0 Å². The number of aryl methyl sites for hydroxylation is 12. The number of aliphatic hydroxyl groups is 1. The molecule has 3 aliphatic rings. The number of hydrogen-bond donors (Lipinski definition) is 11. The quantitative estimate of drug-likeness (QED) is 0.0249. The molecule has 3 saturated carbocycles. The Kier molecular flexibility index (Phi) is 37.9. The Morgan fingerprint density at radius 2 is 0.560 bits per heavy atom. The van der Waals surface area contributed by atoms with Gasteiger partial charge in [-0.1, -0.05) is 129 Å². The Labute approximate surface area is 588 Å². The molecule has 0 bridgehead atoms. The number of nitrogens with zero attached hydrogens (tertiary/aromatic N) is 2. The molecule has 0 amide bonds. The van der Waals surface area contributed by atoms with Gasteiger partial charge in [0.1, 0.15) is 34.5 Å². The van der Waals surface area contributed by atoms with Crippen molar-refractivity contribution in [1.82, 2.24) is 21.3 Å². The van der Waals surface area contributed by atoms with Gasteiger partial charge in [0, 0.05) is 112 Å². The summed E-state index contributed by atoms with van der Waals surface area (Å²) in [6, 6.07) is 25.8. The summed E-state index contributed by atoms with van der Waals surface area (Å²) in [5.41, 5.74) is 17.8. The average Bonchev–Trinajstić information content (AvgIpc) is 3.41. The first-order valence-electron chi connectivity index (χ1n) is 31.3. The van der Waals surface area contributed by atoms with E-state index in [1.165, 1.54) is 47.9 Å². The van der Waals surface area contributed by atoms with E-state index in [0.29, 0.717) is 84.8 Å². The van der Waals surface area contributed by atoms with Gasteiger partial charge in [0.2, 0.25) is 0 Å². The van der Waals surface area contributed by atoms with Gasteiger partial charge in [0.15, 0.2) is 0 Å². The van der Waals surface area contributed by atoms with Gasteiger partial charge in [-0.05, 0) is 178 Å². The molecule has 6 aromatic carbocycles. The van der Waals surface area contributed by atoms with Crippen LogP contribution in [0.3, 0.4) is 0 Å². The van der Waals surface area contributed by atoms with E-state index >= 15 is 0 Å². The molecule has 11 N–H and O–H groups in total. The molecule has 0 spiro atoms. The van der Waals surface area contributed by atoms with E-state index in [0.717, 1.165) is 136 Å². The van der Waals surface area contributed by atoms with Crippen molar-refractivity contribution < 1.29 is 88.4 Å². The van der Waals surface area contributed by atoms with Crippen molar-refractivity contribution in [3.05, 3.63) is 180 Å². The summed E-state index contributed by atoms with van der Waals surface area (Å²) < 4.78 is 0. The number of benzene rings is 6. The number of nitrogens with one attached hydrogen (secondary N) is 4. The standard InChI is InChI=1S/2C24H34N2O2.C24H30N2O2.CH4O.CH4.CH3.B.Na.Ti.H/c3*1-15-9-17(3)23(27)19(11-15)13-25-21-7-5-6-8-22(21)26-14-20-12-16(2)10-18(4)24(20)28;1-2;;;;;;/h2*9-12,21-22,25-28H,5-8,13-14H2,1-4H3;9-14,21-22,27-28H,5-8H2,1-4H3;2H,1H3;1H4;1H3;;;;/q;;;;;-1;;+1;+3;-1/t3*21-,22-;;;;;;;/m111......./s1. The third-order valence-electron chi connectivity index (χ3n) is 17.3. The summed E-state index contributed by atoms with van der Waals surface area (Å²) in [6.07, 6.45) is 17.3. The van der Waals surface area contributed by atoms with Crippen molar-refractivity contribution in [3.63, 3.8) is 0 Å². The van der Waals surface area contributed by atoms with Crippen LogP contribution >= 0.6 is 0 Å². The maximum absolute atomic E-state index is 10.4. The molecule has 3 aliphatic carbocycles. The van der Waals surface area contributed by atoms with Gasteiger partial charge in [-0.15, -0.1) is 0 Å². The molecule has 13 nitrogen and oxygen atoms in total. The fraction of sp³-hybridized carbons (Fsp3) is 0.480. The summed E-state index contributed by atoms with van der Waals surface area (Å²) in [6.45, 7) is 26.6. The van der Waals surface area contributed by atoms with Crippen molar-refractivity contribution in [1.29, 1.82) is 0 Å². The first-order valence-corrected chi connectivity index (χ1v) is 31.3.